The molecule has 132 valence electrons. The molecule has 3 rings (SSSR count). The van der Waals surface area contributed by atoms with Crippen LogP contribution in [0.1, 0.15) is 36.8 Å². The molecular weight excluding hydrogens is 324 g/mol. The summed E-state index contributed by atoms with van der Waals surface area (Å²) >= 11 is 0. The highest BCUT2D eigenvalue weighted by atomic mass is 32.2. The lowest BCUT2D eigenvalue weighted by molar-refractivity contribution is -0.120. The van der Waals surface area contributed by atoms with Crippen LogP contribution in [0.25, 0.3) is 0 Å². The van der Waals surface area contributed by atoms with Crippen LogP contribution in [0.15, 0.2) is 18.2 Å². The zero-order valence-corrected chi connectivity index (χ0v) is 15.4. The Morgan fingerprint density at radius 3 is 2.54 bits per heavy atom. The van der Waals surface area contributed by atoms with Gasteiger partial charge in [0, 0.05) is 6.04 Å². The number of carbonyl (C=O) groups is 1. The van der Waals surface area contributed by atoms with Gasteiger partial charge in [0.1, 0.15) is 6.54 Å². The van der Waals surface area contributed by atoms with E-state index in [4.69, 9.17) is 0 Å². The maximum absolute atomic E-state index is 12.5. The third kappa shape index (κ3) is 3.58. The summed E-state index contributed by atoms with van der Waals surface area (Å²) in [7, 11) is -3.52. The number of nitrogens with one attached hydrogen (secondary N) is 1. The molecule has 6 heteroatoms. The summed E-state index contributed by atoms with van der Waals surface area (Å²) < 4.78 is 25.6. The lowest BCUT2D eigenvalue weighted by Gasteiger charge is -2.27. The molecule has 0 aliphatic heterocycles. The van der Waals surface area contributed by atoms with Crippen molar-refractivity contribution in [3.05, 3.63) is 29.3 Å². The Labute approximate surface area is 144 Å². The minimum atomic E-state index is -3.52. The summed E-state index contributed by atoms with van der Waals surface area (Å²) in [5.74, 6) is 1.11. The topological polar surface area (TPSA) is 66.5 Å². The van der Waals surface area contributed by atoms with Crippen LogP contribution in [-0.2, 0) is 14.8 Å². The monoisotopic (exact) mass is 350 g/mol. The summed E-state index contributed by atoms with van der Waals surface area (Å²) in [6.45, 7) is 3.67. The van der Waals surface area contributed by atoms with E-state index in [0.717, 1.165) is 29.7 Å². The third-order valence-electron chi connectivity index (χ3n) is 5.39. The van der Waals surface area contributed by atoms with E-state index in [0.29, 0.717) is 11.6 Å². The Morgan fingerprint density at radius 1 is 1.25 bits per heavy atom. The average molecular weight is 350 g/mol. The van der Waals surface area contributed by atoms with Crippen LogP contribution in [-0.4, -0.2) is 33.2 Å². The summed E-state index contributed by atoms with van der Waals surface area (Å²) in [6.07, 6.45) is 5.85. The van der Waals surface area contributed by atoms with Crippen molar-refractivity contribution in [1.82, 2.24) is 5.32 Å². The van der Waals surface area contributed by atoms with Crippen molar-refractivity contribution in [1.29, 1.82) is 0 Å². The Balaban J connectivity index is 1.74. The average Bonchev–Trinajstić information content (AvgIpc) is 3.07. The predicted molar refractivity (Wildman–Crippen MR) is 95.5 cm³/mol. The van der Waals surface area contributed by atoms with Crippen molar-refractivity contribution in [2.45, 2.75) is 45.6 Å². The van der Waals surface area contributed by atoms with E-state index in [1.165, 1.54) is 23.6 Å². The van der Waals surface area contributed by atoms with Gasteiger partial charge in [-0.3, -0.25) is 9.10 Å². The van der Waals surface area contributed by atoms with Gasteiger partial charge in [-0.1, -0.05) is 24.1 Å². The van der Waals surface area contributed by atoms with Crippen LogP contribution in [0.2, 0.25) is 0 Å². The van der Waals surface area contributed by atoms with Crippen molar-refractivity contribution < 1.29 is 13.2 Å². The van der Waals surface area contributed by atoms with Crippen molar-refractivity contribution in [2.24, 2.45) is 11.8 Å². The lowest BCUT2D eigenvalue weighted by Crippen LogP contribution is -2.45. The van der Waals surface area contributed by atoms with E-state index in [9.17, 15) is 13.2 Å². The standard InChI is InChI=1S/C18H26N2O3S/c1-12-4-7-17(13(2)8-12)20(24(3,22)23)11-18(21)19-16-10-14-5-6-15(16)9-14/h4,7-8,14-16H,5-6,9-11H2,1-3H3,(H,19,21)/t14-,15+,16-/m1/s1. The van der Waals surface area contributed by atoms with E-state index >= 15 is 0 Å². The van der Waals surface area contributed by atoms with Crippen LogP contribution < -0.4 is 9.62 Å². The summed E-state index contributed by atoms with van der Waals surface area (Å²) in [6, 6.07) is 5.79. The highest BCUT2D eigenvalue weighted by molar-refractivity contribution is 7.92. The first-order chi connectivity index (χ1) is 11.2. The van der Waals surface area contributed by atoms with Crippen molar-refractivity contribution in [3.63, 3.8) is 0 Å². The smallest absolute Gasteiger partial charge is 0.241 e. The minimum absolute atomic E-state index is 0.156. The molecule has 0 saturated heterocycles. The number of sulfonamides is 1. The normalized spacial score (nSPS) is 25.7. The Bertz CT molecular complexity index is 745. The number of rotatable bonds is 5. The van der Waals surface area contributed by atoms with Crippen LogP contribution in [0, 0.1) is 25.7 Å². The number of nitrogens with zero attached hydrogens (tertiary/aromatic N) is 1. The molecule has 3 atom stereocenters. The molecule has 0 heterocycles. The second kappa shape index (κ2) is 6.39. The van der Waals surface area contributed by atoms with Crippen LogP contribution in [0.5, 0.6) is 0 Å². The number of fused-ring (bicyclic) bond motifs is 2. The molecule has 2 aliphatic carbocycles. The van der Waals surface area contributed by atoms with E-state index < -0.39 is 10.0 Å². The SMILES string of the molecule is Cc1ccc(N(CC(=O)N[C@@H]2C[C@@H]3CC[C@H]2C3)S(C)(=O)=O)c(C)c1. The predicted octanol–water partition coefficient (Wildman–Crippen LogP) is 2.37. The molecule has 24 heavy (non-hydrogen) atoms. The number of hydrogen-bond donors (Lipinski definition) is 1. The number of carbonyl (C=O) groups excluding carboxylic acids is 1. The van der Waals surface area contributed by atoms with Gasteiger partial charge in [0.15, 0.2) is 0 Å². The zero-order valence-electron chi connectivity index (χ0n) is 14.6. The highest BCUT2D eigenvalue weighted by Crippen LogP contribution is 2.44. The molecule has 0 spiro atoms. The lowest BCUT2D eigenvalue weighted by atomic mass is 9.95. The second-order valence-electron chi connectivity index (χ2n) is 7.41. The molecule has 2 aliphatic rings. The molecule has 2 saturated carbocycles. The molecule has 0 aromatic heterocycles. The molecule has 1 amide bonds. The molecule has 2 fully saturated rings. The summed E-state index contributed by atoms with van der Waals surface area (Å²) in [5.41, 5.74) is 2.50. The Morgan fingerprint density at radius 2 is 2.00 bits per heavy atom. The number of benzene rings is 1. The fraction of sp³-hybridized carbons (Fsp3) is 0.611. The fourth-order valence-electron chi connectivity index (χ4n) is 4.27. The fourth-order valence-corrected chi connectivity index (χ4v) is 5.18. The Hall–Kier alpha value is -1.56. The third-order valence-corrected chi connectivity index (χ3v) is 6.52. The molecule has 2 bridgehead atoms. The quantitative estimate of drug-likeness (QED) is 0.886. The van der Waals surface area contributed by atoms with Gasteiger partial charge in [-0.2, -0.15) is 0 Å². The number of anilines is 1. The highest BCUT2D eigenvalue weighted by Gasteiger charge is 2.40. The molecule has 1 aromatic carbocycles. The van der Waals surface area contributed by atoms with Crippen LogP contribution in [0.3, 0.4) is 0 Å². The minimum Gasteiger partial charge on any atom is -0.352 e. The number of hydrogen-bond acceptors (Lipinski definition) is 3. The van der Waals surface area contributed by atoms with Crippen molar-refractivity contribution >= 4 is 21.6 Å². The second-order valence-corrected chi connectivity index (χ2v) is 9.32. The molecule has 0 unspecified atom stereocenters. The van der Waals surface area contributed by atoms with E-state index in [2.05, 4.69) is 5.32 Å². The van der Waals surface area contributed by atoms with Gasteiger partial charge in [-0.15, -0.1) is 0 Å². The maximum atomic E-state index is 12.5. The molecule has 5 nitrogen and oxygen atoms in total. The van der Waals surface area contributed by atoms with E-state index in [1.54, 1.807) is 6.07 Å². The first-order valence-corrected chi connectivity index (χ1v) is 10.4. The summed E-state index contributed by atoms with van der Waals surface area (Å²) in [4.78, 5) is 12.5. The van der Waals surface area contributed by atoms with Gasteiger partial charge in [0.2, 0.25) is 15.9 Å². The van der Waals surface area contributed by atoms with Gasteiger partial charge in [-0.25, -0.2) is 8.42 Å². The number of amides is 1. The van der Waals surface area contributed by atoms with E-state index in [1.807, 2.05) is 26.0 Å². The van der Waals surface area contributed by atoms with E-state index in [-0.39, 0.29) is 18.5 Å². The molecule has 0 radical (unpaired) electrons. The largest absolute Gasteiger partial charge is 0.352 e. The molecular formula is C18H26N2O3S. The van der Waals surface area contributed by atoms with Crippen LogP contribution >= 0.6 is 0 Å². The summed E-state index contributed by atoms with van der Waals surface area (Å²) in [5, 5.41) is 3.07. The molecule has 1 N–H and O–H groups in total. The molecule has 1 aromatic rings. The first-order valence-electron chi connectivity index (χ1n) is 8.58. The van der Waals surface area contributed by atoms with Gasteiger partial charge in [-0.05, 0) is 56.6 Å². The Kier molecular flexibility index (Phi) is 4.60. The maximum Gasteiger partial charge on any atom is 0.241 e. The first kappa shape index (κ1) is 17.3. The van der Waals surface area contributed by atoms with Gasteiger partial charge in [0.05, 0.1) is 11.9 Å². The van der Waals surface area contributed by atoms with Gasteiger partial charge in [0.25, 0.3) is 0 Å². The van der Waals surface area contributed by atoms with Gasteiger partial charge < -0.3 is 5.32 Å². The van der Waals surface area contributed by atoms with Gasteiger partial charge >= 0.3 is 0 Å². The van der Waals surface area contributed by atoms with Crippen molar-refractivity contribution in [2.75, 3.05) is 17.1 Å². The number of aryl methyl sites for hydroxylation is 2. The van der Waals surface area contributed by atoms with Crippen molar-refractivity contribution in [3.8, 4) is 0 Å². The zero-order chi connectivity index (χ0) is 17.5. The van der Waals surface area contributed by atoms with Crippen LogP contribution in [0.4, 0.5) is 5.69 Å².